The van der Waals surface area contributed by atoms with E-state index in [4.69, 9.17) is 0 Å². The number of carbonyl (C=O) groups is 7. The van der Waals surface area contributed by atoms with Gasteiger partial charge in [-0.1, -0.05) is 13.0 Å². The number of halogens is 2. The number of anilines is 1. The van der Waals surface area contributed by atoms with Crippen molar-refractivity contribution in [2.24, 2.45) is 5.92 Å². The maximum atomic E-state index is 14.3. The van der Waals surface area contributed by atoms with E-state index in [-0.39, 0.29) is 49.1 Å². The third kappa shape index (κ3) is 11.2. The van der Waals surface area contributed by atoms with Gasteiger partial charge in [0.25, 0.3) is 0 Å². The molecule has 3 fully saturated rings. The third-order valence-corrected chi connectivity index (χ3v) is 11.4. The van der Waals surface area contributed by atoms with Crippen molar-refractivity contribution in [3.63, 3.8) is 0 Å². The van der Waals surface area contributed by atoms with Crippen LogP contribution in [0.4, 0.5) is 19.3 Å². The maximum Gasteiger partial charge on any atom is 0.319 e. The summed E-state index contributed by atoms with van der Waals surface area (Å²) in [6.45, 7) is 10.6. The molecule has 5 rings (SSSR count). The summed E-state index contributed by atoms with van der Waals surface area (Å²) in [7, 11) is 0. The summed E-state index contributed by atoms with van der Waals surface area (Å²) < 4.78 is 28.4. The number of aryl methyl sites for hydroxylation is 2. The summed E-state index contributed by atoms with van der Waals surface area (Å²) >= 11 is 0. The van der Waals surface area contributed by atoms with E-state index in [9.17, 15) is 47.4 Å². The number of hydrogen-bond acceptors (Lipinski definition) is 8. The zero-order chi connectivity index (χ0) is 44.0. The first-order valence-corrected chi connectivity index (χ1v) is 20.6. The lowest BCUT2D eigenvalue weighted by Gasteiger charge is -2.39. The highest BCUT2D eigenvalue weighted by molar-refractivity contribution is 5.98. The van der Waals surface area contributed by atoms with Crippen molar-refractivity contribution >= 4 is 47.0 Å². The number of ketones is 1. The van der Waals surface area contributed by atoms with E-state index in [0.717, 1.165) is 23.3 Å². The van der Waals surface area contributed by atoms with Crippen LogP contribution in [0.2, 0.25) is 0 Å². The van der Waals surface area contributed by atoms with Crippen molar-refractivity contribution in [3.05, 3.63) is 64.7 Å². The average molecular weight is 838 g/mol. The van der Waals surface area contributed by atoms with Crippen LogP contribution in [-0.4, -0.2) is 123 Å². The Morgan fingerprint density at radius 3 is 2.03 bits per heavy atom. The van der Waals surface area contributed by atoms with Crippen molar-refractivity contribution in [3.8, 4) is 0 Å². The normalized spacial score (nSPS) is 22.3. The fourth-order valence-electron chi connectivity index (χ4n) is 8.61. The highest BCUT2D eigenvalue weighted by Crippen LogP contribution is 2.27. The maximum absolute atomic E-state index is 14.3. The number of nitrogens with zero attached hydrogens (tertiary/aromatic N) is 3. The third-order valence-electron chi connectivity index (χ3n) is 11.4. The molecule has 0 saturated carbocycles. The van der Waals surface area contributed by atoms with Gasteiger partial charge >= 0.3 is 6.03 Å². The van der Waals surface area contributed by atoms with E-state index in [1.807, 2.05) is 26.8 Å². The van der Waals surface area contributed by atoms with Crippen LogP contribution in [0, 0.1) is 31.4 Å². The number of aliphatic hydroxyl groups is 1. The van der Waals surface area contributed by atoms with Crippen molar-refractivity contribution in [2.45, 2.75) is 129 Å². The van der Waals surface area contributed by atoms with Gasteiger partial charge in [-0.2, -0.15) is 0 Å². The molecule has 326 valence electrons. The predicted octanol–water partition coefficient (Wildman–Crippen LogP) is 2.88. The van der Waals surface area contributed by atoms with Gasteiger partial charge in [0.1, 0.15) is 41.8 Å². The smallest absolute Gasteiger partial charge is 0.319 e. The van der Waals surface area contributed by atoms with Gasteiger partial charge in [0.15, 0.2) is 5.78 Å². The number of piperidine rings is 1. The standard InChI is InChI=1S/C43H57F2N7O8/c1-23-14-24(2)16-32(15-23)47-43(60)48-33(20-29-18-30(44)21-31(45)19-29)38(55)49-37(28(6)54)42(59)51-13-9-11-35(51)41(58)50-12-8-7-10-34(50)39(56)46-26(4)40(57)52-22-25(3)17-36(52)27(5)53/h14-16,18-19,21,25-26,28,33-37,54H,7-13,17,20,22H2,1-6H3,(H,46,56)(H,49,55)(H2,47,48,60)/t25-,26+,28+,33+,34+,35+,36+,37+/m1/s1. The van der Waals surface area contributed by atoms with E-state index in [0.29, 0.717) is 50.4 Å². The van der Waals surface area contributed by atoms with Crippen LogP contribution in [0.25, 0.3) is 0 Å². The van der Waals surface area contributed by atoms with E-state index in [2.05, 4.69) is 21.3 Å². The highest BCUT2D eigenvalue weighted by atomic mass is 19.1. The van der Waals surface area contributed by atoms with Crippen LogP contribution < -0.4 is 21.3 Å². The molecule has 2 aromatic rings. The average Bonchev–Trinajstić information content (AvgIpc) is 3.82. The lowest BCUT2D eigenvalue weighted by atomic mass is 9.99. The SMILES string of the molecule is CC(=O)[C@@H]1C[C@@H](C)CN1C(=O)[C@H](C)NC(=O)[C@@H]1CCCCN1C(=O)[C@@H]1CCCN1C(=O)[C@@H](NC(=O)[C@H](Cc1cc(F)cc(F)c1)NC(=O)Nc1cc(C)cc(C)c1)[C@H](C)O. The van der Waals surface area contributed by atoms with E-state index >= 15 is 0 Å². The molecule has 0 radical (unpaired) electrons. The summed E-state index contributed by atoms with van der Waals surface area (Å²) in [6, 6.07) is 0.634. The Morgan fingerprint density at radius 1 is 0.767 bits per heavy atom. The van der Waals surface area contributed by atoms with Crippen LogP contribution in [-0.2, 0) is 35.2 Å². The van der Waals surface area contributed by atoms with Gasteiger partial charge in [-0.25, -0.2) is 13.6 Å². The van der Waals surface area contributed by atoms with Gasteiger partial charge in [0, 0.05) is 37.8 Å². The lowest BCUT2D eigenvalue weighted by molar-refractivity contribution is -0.152. The van der Waals surface area contributed by atoms with E-state index in [1.54, 1.807) is 19.1 Å². The molecule has 0 bridgehead atoms. The molecule has 8 atom stereocenters. The minimum absolute atomic E-state index is 0.0364. The highest BCUT2D eigenvalue weighted by Gasteiger charge is 2.45. The Bertz CT molecular complexity index is 1940. The molecule has 7 amide bonds. The topological polar surface area (TPSA) is 198 Å². The Labute approximate surface area is 349 Å². The Hall–Kier alpha value is -5.45. The van der Waals surface area contributed by atoms with Crippen LogP contribution in [0.1, 0.15) is 82.9 Å². The number of likely N-dealkylation sites (tertiary alicyclic amines) is 3. The fraction of sp³-hybridized carbons (Fsp3) is 0.558. The summed E-state index contributed by atoms with van der Waals surface area (Å²) in [4.78, 5) is 99.2. The molecule has 0 aromatic heterocycles. The Morgan fingerprint density at radius 2 is 1.40 bits per heavy atom. The molecular weight excluding hydrogens is 781 g/mol. The minimum Gasteiger partial charge on any atom is -0.391 e. The number of carbonyl (C=O) groups excluding carboxylic acids is 7. The molecule has 3 heterocycles. The second-order valence-electron chi connectivity index (χ2n) is 16.7. The van der Waals surface area contributed by atoms with Gasteiger partial charge in [0.05, 0.1) is 12.1 Å². The molecule has 0 spiro atoms. The van der Waals surface area contributed by atoms with Gasteiger partial charge in [-0.3, -0.25) is 28.8 Å². The molecule has 17 heteroatoms. The molecule has 0 unspecified atom stereocenters. The Kier molecular flexibility index (Phi) is 15.0. The van der Waals surface area contributed by atoms with Gasteiger partial charge < -0.3 is 41.1 Å². The summed E-state index contributed by atoms with van der Waals surface area (Å²) in [5.74, 6) is -4.93. The summed E-state index contributed by atoms with van der Waals surface area (Å²) in [5.41, 5.74) is 2.20. The zero-order valence-corrected chi connectivity index (χ0v) is 35.1. The first-order valence-electron chi connectivity index (χ1n) is 20.6. The molecule has 60 heavy (non-hydrogen) atoms. The second-order valence-corrected chi connectivity index (χ2v) is 16.7. The van der Waals surface area contributed by atoms with Crippen LogP contribution in [0.5, 0.6) is 0 Å². The largest absolute Gasteiger partial charge is 0.391 e. The number of urea groups is 1. The molecule has 3 aliphatic heterocycles. The number of rotatable bonds is 13. The van der Waals surface area contributed by atoms with E-state index < -0.39 is 83.6 Å². The molecule has 15 nitrogen and oxygen atoms in total. The molecule has 5 N–H and O–H groups in total. The molecule has 0 aliphatic carbocycles. The number of amides is 7. The molecule has 3 aliphatic rings. The van der Waals surface area contributed by atoms with Crippen molar-refractivity contribution in [1.82, 2.24) is 30.7 Å². The van der Waals surface area contributed by atoms with Gasteiger partial charge in [0.2, 0.25) is 29.5 Å². The lowest BCUT2D eigenvalue weighted by Crippen LogP contribution is -2.62. The number of aliphatic hydroxyl groups excluding tert-OH is 1. The van der Waals surface area contributed by atoms with Crippen LogP contribution in [0.15, 0.2) is 36.4 Å². The Balaban J connectivity index is 1.29. The molecule has 2 aromatic carbocycles. The second kappa shape index (κ2) is 19.7. The van der Waals surface area contributed by atoms with Crippen LogP contribution in [0.3, 0.4) is 0 Å². The van der Waals surface area contributed by atoms with Crippen molar-refractivity contribution in [1.29, 1.82) is 0 Å². The minimum atomic E-state index is -1.60. The number of benzene rings is 2. The van der Waals surface area contributed by atoms with Crippen molar-refractivity contribution in [2.75, 3.05) is 25.0 Å². The predicted molar refractivity (Wildman–Crippen MR) is 217 cm³/mol. The van der Waals surface area contributed by atoms with Gasteiger partial charge in [-0.05, 0) is 120 Å². The number of hydrogen-bond donors (Lipinski definition) is 5. The summed E-state index contributed by atoms with van der Waals surface area (Å²) in [6.07, 6.45) is 0.904. The monoisotopic (exact) mass is 837 g/mol. The van der Waals surface area contributed by atoms with Gasteiger partial charge in [-0.15, -0.1) is 0 Å². The molecule has 3 saturated heterocycles. The first kappa shape index (κ1) is 45.6. The zero-order valence-electron chi connectivity index (χ0n) is 35.1. The number of Topliss-reactive ketones (excluding diaryl/α,β-unsaturated/α-hetero) is 1. The quantitative estimate of drug-likeness (QED) is 0.203. The molecular formula is C43H57F2N7O8. The van der Waals surface area contributed by atoms with Crippen molar-refractivity contribution < 1.29 is 47.4 Å². The number of nitrogens with one attached hydrogen (secondary N) is 4. The van der Waals surface area contributed by atoms with E-state index in [1.165, 1.54) is 28.5 Å². The summed E-state index contributed by atoms with van der Waals surface area (Å²) in [5, 5.41) is 21.3. The fourth-order valence-corrected chi connectivity index (χ4v) is 8.61. The first-order chi connectivity index (χ1) is 28.3. The van der Waals surface area contributed by atoms with Crippen LogP contribution >= 0.6 is 0 Å².